The van der Waals surface area contributed by atoms with Gasteiger partial charge in [-0.3, -0.25) is 4.79 Å². The van der Waals surface area contributed by atoms with Gasteiger partial charge in [-0.2, -0.15) is 0 Å². The van der Waals surface area contributed by atoms with Crippen molar-refractivity contribution in [1.82, 2.24) is 0 Å². The van der Waals surface area contributed by atoms with E-state index < -0.39 is 24.1 Å². The Balaban J connectivity index is 3.22. The predicted molar refractivity (Wildman–Crippen MR) is 63.0 cm³/mol. The minimum atomic E-state index is -1.72. The van der Waals surface area contributed by atoms with E-state index in [2.05, 4.69) is 0 Å². The van der Waals surface area contributed by atoms with Crippen LogP contribution in [-0.2, 0) is 4.79 Å². The first-order chi connectivity index (χ1) is 8.25. The number of benzene rings is 1. The van der Waals surface area contributed by atoms with Gasteiger partial charge in [0.15, 0.2) is 6.10 Å². The van der Waals surface area contributed by atoms with Crippen molar-refractivity contribution in [3.05, 3.63) is 34.4 Å². The summed E-state index contributed by atoms with van der Waals surface area (Å²) in [6.45, 7) is 3.15. The number of aliphatic hydroxyl groups is 2. The van der Waals surface area contributed by atoms with Gasteiger partial charge in [-0.05, 0) is 30.5 Å². The van der Waals surface area contributed by atoms with E-state index >= 15 is 0 Å². The highest BCUT2D eigenvalue weighted by atomic mass is 16.4. The topological polar surface area (TPSA) is 121 Å². The molecule has 0 fully saturated rings. The Kier molecular flexibility index (Phi) is 4.05. The van der Waals surface area contributed by atoms with Crippen LogP contribution in [0.2, 0.25) is 0 Å². The van der Waals surface area contributed by atoms with Gasteiger partial charge in [0, 0.05) is 0 Å². The third kappa shape index (κ3) is 2.66. The van der Waals surface area contributed by atoms with Crippen LogP contribution < -0.4 is 5.73 Å². The van der Waals surface area contributed by atoms with Crippen LogP contribution in [0, 0.1) is 13.8 Å². The summed E-state index contributed by atoms with van der Waals surface area (Å²) < 4.78 is 0. The third-order valence-corrected chi connectivity index (χ3v) is 2.70. The number of aliphatic hydroxyl groups excluding tert-OH is 2. The van der Waals surface area contributed by atoms with E-state index in [1.54, 1.807) is 13.8 Å². The molecule has 2 unspecified atom stereocenters. The quantitative estimate of drug-likeness (QED) is 0.596. The van der Waals surface area contributed by atoms with Crippen LogP contribution in [0.4, 0.5) is 0 Å². The van der Waals surface area contributed by atoms with Crippen LogP contribution in [0.25, 0.3) is 0 Å². The molecule has 0 heterocycles. The van der Waals surface area contributed by atoms with Crippen molar-refractivity contribution < 1.29 is 24.9 Å². The average Bonchev–Trinajstić information content (AvgIpc) is 2.25. The number of aryl methyl sites for hydroxylation is 2. The number of carbonyl (C=O) groups is 2. The maximum atomic E-state index is 11.0. The summed E-state index contributed by atoms with van der Waals surface area (Å²) in [6.07, 6.45) is -3.19. The molecule has 0 spiro atoms. The number of carboxylic acid groups (broad SMARTS) is 1. The van der Waals surface area contributed by atoms with Crippen LogP contribution in [-0.4, -0.2) is 33.3 Å². The standard InChI is InChI=1S/C12H15NO5/c1-5-3-7(9(14)10(15)11(13)16)4-6(2)8(5)12(17)18/h3-4,9-10,14-15H,1-2H3,(H2,13,16)(H,17,18). The second kappa shape index (κ2) is 5.16. The van der Waals surface area contributed by atoms with Gasteiger partial charge in [0.2, 0.25) is 5.91 Å². The molecular weight excluding hydrogens is 238 g/mol. The van der Waals surface area contributed by atoms with Crippen molar-refractivity contribution in [2.75, 3.05) is 0 Å². The maximum absolute atomic E-state index is 11.0. The normalized spacial score (nSPS) is 14.0. The molecule has 6 heteroatoms. The first-order valence-electron chi connectivity index (χ1n) is 5.25. The average molecular weight is 253 g/mol. The lowest BCUT2D eigenvalue weighted by molar-refractivity contribution is -0.131. The molecule has 2 atom stereocenters. The molecule has 0 saturated carbocycles. The summed E-state index contributed by atoms with van der Waals surface area (Å²) in [5.74, 6) is -2.11. The van der Waals surface area contributed by atoms with E-state index in [4.69, 9.17) is 10.8 Å². The molecule has 1 rings (SSSR count). The summed E-state index contributed by atoms with van der Waals surface area (Å²) in [7, 11) is 0. The number of hydrogen-bond acceptors (Lipinski definition) is 4. The molecule has 1 aromatic carbocycles. The smallest absolute Gasteiger partial charge is 0.336 e. The number of hydrogen-bond donors (Lipinski definition) is 4. The van der Waals surface area contributed by atoms with Gasteiger partial charge in [-0.1, -0.05) is 12.1 Å². The lowest BCUT2D eigenvalue weighted by Gasteiger charge is -2.17. The number of primary amides is 1. The van der Waals surface area contributed by atoms with Gasteiger partial charge in [0.25, 0.3) is 0 Å². The molecule has 98 valence electrons. The lowest BCUT2D eigenvalue weighted by atomic mass is 9.95. The molecule has 18 heavy (non-hydrogen) atoms. The number of aromatic carboxylic acids is 1. The monoisotopic (exact) mass is 253 g/mol. The molecule has 5 N–H and O–H groups in total. The van der Waals surface area contributed by atoms with E-state index in [0.29, 0.717) is 11.1 Å². The number of carbonyl (C=O) groups excluding carboxylic acids is 1. The Hall–Kier alpha value is -1.92. The molecule has 1 amide bonds. The zero-order chi connectivity index (χ0) is 14.0. The first kappa shape index (κ1) is 14.1. The van der Waals surface area contributed by atoms with Crippen molar-refractivity contribution in [2.45, 2.75) is 26.1 Å². The molecule has 0 aromatic heterocycles. The fourth-order valence-electron chi connectivity index (χ4n) is 1.84. The van der Waals surface area contributed by atoms with Gasteiger partial charge < -0.3 is 21.1 Å². The molecule has 0 aliphatic heterocycles. The summed E-state index contributed by atoms with van der Waals surface area (Å²) in [5, 5.41) is 28.1. The summed E-state index contributed by atoms with van der Waals surface area (Å²) in [6, 6.07) is 2.82. The van der Waals surface area contributed by atoms with Crippen LogP contribution in [0.5, 0.6) is 0 Å². The molecule has 1 aromatic rings. The van der Waals surface area contributed by atoms with Gasteiger partial charge in [0.05, 0.1) is 5.56 Å². The fourth-order valence-corrected chi connectivity index (χ4v) is 1.84. The van der Waals surface area contributed by atoms with E-state index in [-0.39, 0.29) is 11.1 Å². The molecule has 0 radical (unpaired) electrons. The summed E-state index contributed by atoms with van der Waals surface area (Å²) in [5.41, 5.74) is 6.15. The number of rotatable bonds is 4. The van der Waals surface area contributed by atoms with Gasteiger partial charge in [-0.15, -0.1) is 0 Å². The fraction of sp³-hybridized carbons (Fsp3) is 0.333. The minimum Gasteiger partial charge on any atom is -0.478 e. The number of nitrogens with two attached hydrogens (primary N) is 1. The highest BCUT2D eigenvalue weighted by molar-refractivity contribution is 5.91. The van der Waals surface area contributed by atoms with E-state index in [1.807, 2.05) is 0 Å². The van der Waals surface area contributed by atoms with Crippen molar-refractivity contribution in [2.24, 2.45) is 5.73 Å². The van der Waals surface area contributed by atoms with Crippen LogP contribution in [0.1, 0.15) is 33.2 Å². The van der Waals surface area contributed by atoms with Crippen LogP contribution in [0.3, 0.4) is 0 Å². The second-order valence-electron chi connectivity index (χ2n) is 4.13. The molecule has 6 nitrogen and oxygen atoms in total. The second-order valence-corrected chi connectivity index (χ2v) is 4.13. The zero-order valence-electron chi connectivity index (χ0n) is 10.0. The highest BCUT2D eigenvalue weighted by Gasteiger charge is 2.25. The minimum absolute atomic E-state index is 0.138. The van der Waals surface area contributed by atoms with Crippen molar-refractivity contribution >= 4 is 11.9 Å². The Bertz CT molecular complexity index is 474. The summed E-state index contributed by atoms with van der Waals surface area (Å²) in [4.78, 5) is 21.8. The van der Waals surface area contributed by atoms with Gasteiger partial charge >= 0.3 is 5.97 Å². The Morgan fingerprint density at radius 3 is 1.94 bits per heavy atom. The SMILES string of the molecule is Cc1cc(C(O)C(O)C(N)=O)cc(C)c1C(=O)O. The van der Waals surface area contributed by atoms with Crippen LogP contribution >= 0.6 is 0 Å². The van der Waals surface area contributed by atoms with E-state index in [9.17, 15) is 19.8 Å². The van der Waals surface area contributed by atoms with E-state index in [1.165, 1.54) is 12.1 Å². The Morgan fingerprint density at radius 1 is 1.17 bits per heavy atom. The molecule has 0 aliphatic rings. The highest BCUT2D eigenvalue weighted by Crippen LogP contribution is 2.23. The molecule has 0 aliphatic carbocycles. The zero-order valence-corrected chi connectivity index (χ0v) is 10.0. The number of amides is 1. The third-order valence-electron chi connectivity index (χ3n) is 2.70. The molecule has 0 saturated heterocycles. The summed E-state index contributed by atoms with van der Waals surface area (Å²) >= 11 is 0. The first-order valence-corrected chi connectivity index (χ1v) is 5.25. The number of carboxylic acids is 1. The predicted octanol–water partition coefficient (Wildman–Crippen LogP) is -0.119. The Labute approximate surface area is 104 Å². The van der Waals surface area contributed by atoms with Gasteiger partial charge in [0.1, 0.15) is 6.10 Å². The lowest BCUT2D eigenvalue weighted by Crippen LogP contribution is -2.34. The molecular formula is C12H15NO5. The van der Waals surface area contributed by atoms with Gasteiger partial charge in [-0.25, -0.2) is 4.79 Å². The van der Waals surface area contributed by atoms with Crippen molar-refractivity contribution in [3.63, 3.8) is 0 Å². The van der Waals surface area contributed by atoms with E-state index in [0.717, 1.165) is 0 Å². The van der Waals surface area contributed by atoms with Crippen molar-refractivity contribution in [1.29, 1.82) is 0 Å². The largest absolute Gasteiger partial charge is 0.478 e. The van der Waals surface area contributed by atoms with Crippen molar-refractivity contribution in [3.8, 4) is 0 Å². The Morgan fingerprint density at radius 2 is 1.61 bits per heavy atom. The maximum Gasteiger partial charge on any atom is 0.336 e. The van der Waals surface area contributed by atoms with Crippen LogP contribution in [0.15, 0.2) is 12.1 Å². The molecule has 0 bridgehead atoms.